The van der Waals surface area contributed by atoms with Gasteiger partial charge in [-0.1, -0.05) is 23.7 Å². The first-order chi connectivity index (χ1) is 13.6. The molecule has 0 aliphatic carbocycles. The van der Waals surface area contributed by atoms with E-state index >= 15 is 0 Å². The molecule has 0 saturated carbocycles. The van der Waals surface area contributed by atoms with Crippen LogP contribution in [0.4, 0.5) is 5.69 Å². The van der Waals surface area contributed by atoms with Crippen molar-refractivity contribution in [2.45, 2.75) is 18.5 Å². The van der Waals surface area contributed by atoms with Crippen molar-refractivity contribution in [3.63, 3.8) is 0 Å². The number of hydrogen-bond acceptors (Lipinski definition) is 5. The van der Waals surface area contributed by atoms with Gasteiger partial charge in [0.25, 0.3) is 5.91 Å². The van der Waals surface area contributed by atoms with Gasteiger partial charge in [0.15, 0.2) is 0 Å². The Balaban J connectivity index is 1.56. The molecule has 0 aromatic heterocycles. The molecule has 0 unspecified atom stereocenters. The number of nitriles is 1. The third-order valence-corrected chi connectivity index (χ3v) is 6.12. The van der Waals surface area contributed by atoms with E-state index in [9.17, 15) is 9.59 Å². The van der Waals surface area contributed by atoms with Gasteiger partial charge in [-0.15, -0.1) is 0 Å². The summed E-state index contributed by atoms with van der Waals surface area (Å²) < 4.78 is 0. The van der Waals surface area contributed by atoms with E-state index in [4.69, 9.17) is 16.9 Å². The highest BCUT2D eigenvalue weighted by molar-refractivity contribution is 6.30. The van der Waals surface area contributed by atoms with Crippen LogP contribution in [0.3, 0.4) is 0 Å². The van der Waals surface area contributed by atoms with Crippen molar-refractivity contribution in [2.75, 3.05) is 18.0 Å². The minimum absolute atomic E-state index is 0.176. The lowest BCUT2D eigenvalue weighted by Crippen LogP contribution is -2.44. The molecule has 140 valence electrons. The van der Waals surface area contributed by atoms with E-state index in [1.54, 1.807) is 24.3 Å². The molecule has 3 saturated heterocycles. The number of hydrogen-bond donors (Lipinski definition) is 0. The van der Waals surface area contributed by atoms with Crippen LogP contribution in [0.1, 0.15) is 23.6 Å². The Hall–Kier alpha value is -2.72. The van der Waals surface area contributed by atoms with Crippen LogP contribution in [0, 0.1) is 17.2 Å². The minimum Gasteiger partial charge on any atom is -0.274 e. The Labute approximate surface area is 167 Å². The van der Waals surface area contributed by atoms with Crippen LogP contribution in [-0.4, -0.2) is 41.0 Å². The maximum atomic E-state index is 13.4. The average Bonchev–Trinajstić information content (AvgIpc) is 3.35. The molecular weight excluding hydrogens is 376 g/mol. The summed E-state index contributed by atoms with van der Waals surface area (Å²) in [5, 5.41) is 13.9. The van der Waals surface area contributed by atoms with E-state index in [1.165, 1.54) is 4.90 Å². The Bertz CT molecular complexity index is 999. The summed E-state index contributed by atoms with van der Waals surface area (Å²) in [7, 11) is 0. The predicted octanol–water partition coefficient (Wildman–Crippen LogP) is 2.75. The van der Waals surface area contributed by atoms with Crippen molar-refractivity contribution in [3.8, 4) is 6.07 Å². The van der Waals surface area contributed by atoms with Gasteiger partial charge in [0, 0.05) is 18.1 Å². The van der Waals surface area contributed by atoms with Gasteiger partial charge in [-0.25, -0.2) is 14.9 Å². The molecule has 2 amide bonds. The zero-order valence-electron chi connectivity index (χ0n) is 15.0. The highest BCUT2D eigenvalue weighted by Gasteiger charge is 2.62. The molecule has 6 nitrogen and oxygen atoms in total. The third kappa shape index (κ3) is 2.41. The van der Waals surface area contributed by atoms with Gasteiger partial charge in [-0.2, -0.15) is 5.26 Å². The normalized spacial score (nSPS) is 27.1. The second kappa shape index (κ2) is 6.42. The van der Waals surface area contributed by atoms with Crippen molar-refractivity contribution in [1.29, 1.82) is 5.26 Å². The molecule has 3 aliphatic rings. The zero-order chi connectivity index (χ0) is 19.4. The predicted molar refractivity (Wildman–Crippen MR) is 103 cm³/mol. The van der Waals surface area contributed by atoms with Crippen LogP contribution in [0.2, 0.25) is 5.02 Å². The van der Waals surface area contributed by atoms with E-state index in [0.29, 0.717) is 16.3 Å². The fraction of sp³-hybridized carbons (Fsp3) is 0.286. The highest BCUT2D eigenvalue weighted by atomic mass is 35.5. The number of imide groups is 1. The van der Waals surface area contributed by atoms with Gasteiger partial charge in [0.1, 0.15) is 6.04 Å². The monoisotopic (exact) mass is 392 g/mol. The molecule has 0 bridgehead atoms. The summed E-state index contributed by atoms with van der Waals surface area (Å²) in [5.41, 5.74) is 2.00. The SMILES string of the molecule is N#Cc1ccc(N2C(=O)[C@@H]3[C@@H](C2=O)N2CCCN2[C@H]3c2ccc(Cl)cc2)cc1. The first-order valence-electron chi connectivity index (χ1n) is 9.27. The molecule has 5 rings (SSSR count). The van der Waals surface area contributed by atoms with Gasteiger partial charge >= 0.3 is 0 Å². The molecule has 0 N–H and O–H groups in total. The average molecular weight is 393 g/mol. The molecule has 0 radical (unpaired) electrons. The highest BCUT2D eigenvalue weighted by Crippen LogP contribution is 2.48. The summed E-state index contributed by atoms with van der Waals surface area (Å²) in [6.07, 6.45) is 0.964. The molecule has 2 aromatic carbocycles. The van der Waals surface area contributed by atoms with E-state index in [-0.39, 0.29) is 17.9 Å². The maximum absolute atomic E-state index is 13.4. The topological polar surface area (TPSA) is 67.6 Å². The smallest absolute Gasteiger partial charge is 0.253 e. The standard InChI is InChI=1S/C21H17ClN4O2/c22-15-6-4-14(5-7-15)18-17-19(25-11-1-10-24(18)25)21(28)26(20(17)27)16-8-2-13(12-23)3-9-16/h2-9,17-19H,1,10-11H2/t17-,18-,19-/m0/s1. The van der Waals surface area contributed by atoms with Gasteiger partial charge in [0.05, 0.1) is 29.3 Å². The second-order valence-corrected chi connectivity index (χ2v) is 7.75. The van der Waals surface area contributed by atoms with Gasteiger partial charge in [0.2, 0.25) is 5.91 Å². The molecule has 0 spiro atoms. The van der Waals surface area contributed by atoms with Crippen LogP contribution in [-0.2, 0) is 9.59 Å². The summed E-state index contributed by atoms with van der Waals surface area (Å²) >= 11 is 6.04. The number of amides is 2. The number of benzene rings is 2. The summed E-state index contributed by atoms with van der Waals surface area (Å²) in [5.74, 6) is -0.832. The Morgan fingerprint density at radius 2 is 1.54 bits per heavy atom. The maximum Gasteiger partial charge on any atom is 0.253 e. The number of halogens is 1. The molecule has 3 fully saturated rings. The lowest BCUT2D eigenvalue weighted by Gasteiger charge is -2.29. The van der Waals surface area contributed by atoms with Crippen molar-refractivity contribution in [1.82, 2.24) is 10.0 Å². The summed E-state index contributed by atoms with van der Waals surface area (Å²) in [4.78, 5) is 28.0. The Morgan fingerprint density at radius 1 is 0.893 bits per heavy atom. The summed E-state index contributed by atoms with van der Waals surface area (Å²) in [6.45, 7) is 1.60. The third-order valence-electron chi connectivity index (χ3n) is 5.87. The molecule has 3 heterocycles. The van der Waals surface area contributed by atoms with Crippen LogP contribution in [0.15, 0.2) is 48.5 Å². The number of hydrazine groups is 1. The number of carbonyl (C=O) groups is 2. The van der Waals surface area contributed by atoms with Crippen LogP contribution in [0.5, 0.6) is 0 Å². The fourth-order valence-corrected chi connectivity index (χ4v) is 4.84. The first kappa shape index (κ1) is 17.4. The van der Waals surface area contributed by atoms with Crippen LogP contribution in [0.25, 0.3) is 0 Å². The molecule has 3 atom stereocenters. The molecular formula is C21H17ClN4O2. The zero-order valence-corrected chi connectivity index (χ0v) is 15.7. The van der Waals surface area contributed by atoms with Gasteiger partial charge in [-0.05, 0) is 48.4 Å². The van der Waals surface area contributed by atoms with Crippen molar-refractivity contribution in [2.24, 2.45) is 5.92 Å². The van der Waals surface area contributed by atoms with Crippen LogP contribution < -0.4 is 4.90 Å². The number of nitrogens with zero attached hydrogens (tertiary/aromatic N) is 4. The molecule has 28 heavy (non-hydrogen) atoms. The minimum atomic E-state index is -0.480. The van der Waals surface area contributed by atoms with E-state index in [2.05, 4.69) is 16.1 Å². The lowest BCUT2D eigenvalue weighted by molar-refractivity contribution is -0.126. The summed E-state index contributed by atoms with van der Waals surface area (Å²) in [6, 6.07) is 15.5. The lowest BCUT2D eigenvalue weighted by atomic mass is 9.90. The van der Waals surface area contributed by atoms with Gasteiger partial charge in [-0.3, -0.25) is 9.59 Å². The van der Waals surface area contributed by atoms with Crippen molar-refractivity contribution < 1.29 is 9.59 Å². The van der Waals surface area contributed by atoms with Gasteiger partial charge < -0.3 is 0 Å². The quantitative estimate of drug-likeness (QED) is 0.735. The van der Waals surface area contributed by atoms with Crippen molar-refractivity contribution in [3.05, 3.63) is 64.7 Å². The molecule has 3 aliphatic heterocycles. The Kier molecular flexibility index (Phi) is 3.98. The molecule has 7 heteroatoms. The van der Waals surface area contributed by atoms with E-state index < -0.39 is 12.0 Å². The molecule has 2 aromatic rings. The Morgan fingerprint density at radius 3 is 2.18 bits per heavy atom. The number of rotatable bonds is 2. The van der Waals surface area contributed by atoms with E-state index in [0.717, 1.165) is 25.1 Å². The number of carbonyl (C=O) groups excluding carboxylic acids is 2. The number of anilines is 1. The largest absolute Gasteiger partial charge is 0.274 e. The second-order valence-electron chi connectivity index (χ2n) is 7.32. The van der Waals surface area contributed by atoms with Crippen LogP contribution >= 0.6 is 11.6 Å². The number of fused-ring (bicyclic) bond motifs is 3. The van der Waals surface area contributed by atoms with Crippen molar-refractivity contribution >= 4 is 29.1 Å². The first-order valence-corrected chi connectivity index (χ1v) is 9.64. The van der Waals surface area contributed by atoms with E-state index in [1.807, 2.05) is 24.3 Å². The fourth-order valence-electron chi connectivity index (χ4n) is 4.71.